The van der Waals surface area contributed by atoms with Gasteiger partial charge >= 0.3 is 5.97 Å². The van der Waals surface area contributed by atoms with E-state index in [4.69, 9.17) is 4.74 Å². The third-order valence-electron chi connectivity index (χ3n) is 5.34. The number of hydrogen-bond acceptors (Lipinski definition) is 5. The monoisotopic (exact) mass is 427 g/mol. The topological polar surface area (TPSA) is 80.8 Å². The van der Waals surface area contributed by atoms with Crippen LogP contribution >= 0.6 is 0 Å². The molecule has 0 spiro atoms. The normalized spacial score (nSPS) is 12.6. The predicted octanol–water partition coefficient (Wildman–Crippen LogP) is 4.21. The molecule has 0 aromatic heterocycles. The first-order valence-corrected chi connectivity index (χ1v) is 10.3. The number of fused-ring (bicyclic) bond motifs is 1. The summed E-state index contributed by atoms with van der Waals surface area (Å²) in [5.74, 6) is -0.873. The summed E-state index contributed by atoms with van der Waals surface area (Å²) < 4.78 is 5.43. The van der Waals surface area contributed by atoms with E-state index >= 15 is 0 Å². The van der Waals surface area contributed by atoms with Crippen molar-refractivity contribution in [3.05, 3.63) is 101 Å². The number of carbonyl (C=O) groups excluding carboxylic acids is 4. The SMILES string of the molecule is Cc1cc(C(=O)c2ccccc2)ccc1OC(=O)CCCN1C(=O)c2ccccc2C1=O. The van der Waals surface area contributed by atoms with Gasteiger partial charge in [-0.2, -0.15) is 0 Å². The number of carbonyl (C=O) groups is 4. The van der Waals surface area contributed by atoms with Gasteiger partial charge in [-0.05, 0) is 49.2 Å². The lowest BCUT2D eigenvalue weighted by Gasteiger charge is -2.13. The van der Waals surface area contributed by atoms with E-state index in [0.29, 0.717) is 40.0 Å². The summed E-state index contributed by atoms with van der Waals surface area (Å²) in [7, 11) is 0. The van der Waals surface area contributed by atoms with Crippen LogP contribution in [0, 0.1) is 6.92 Å². The van der Waals surface area contributed by atoms with Crippen molar-refractivity contribution in [1.29, 1.82) is 0 Å². The molecule has 160 valence electrons. The molecule has 0 saturated carbocycles. The van der Waals surface area contributed by atoms with Gasteiger partial charge < -0.3 is 4.74 Å². The molecule has 1 aliphatic heterocycles. The van der Waals surface area contributed by atoms with Crippen LogP contribution in [0.4, 0.5) is 0 Å². The molecule has 0 bridgehead atoms. The average Bonchev–Trinajstić information content (AvgIpc) is 3.05. The number of benzene rings is 3. The second-order valence-electron chi connectivity index (χ2n) is 7.56. The quantitative estimate of drug-likeness (QED) is 0.244. The molecule has 4 rings (SSSR count). The zero-order valence-corrected chi connectivity index (χ0v) is 17.5. The average molecular weight is 427 g/mol. The number of nitrogens with zero attached hydrogens (tertiary/aromatic N) is 1. The van der Waals surface area contributed by atoms with Crippen LogP contribution in [0.5, 0.6) is 5.75 Å². The van der Waals surface area contributed by atoms with E-state index in [1.807, 2.05) is 6.07 Å². The second kappa shape index (κ2) is 8.98. The third kappa shape index (κ3) is 4.21. The fourth-order valence-electron chi connectivity index (χ4n) is 3.66. The van der Waals surface area contributed by atoms with Gasteiger partial charge in [-0.3, -0.25) is 24.1 Å². The van der Waals surface area contributed by atoms with E-state index in [-0.39, 0.29) is 30.6 Å². The minimum atomic E-state index is -0.466. The Morgan fingerprint density at radius 1 is 0.812 bits per heavy atom. The highest BCUT2D eigenvalue weighted by Crippen LogP contribution is 2.24. The number of hydrogen-bond donors (Lipinski definition) is 0. The lowest BCUT2D eigenvalue weighted by atomic mass is 10.0. The Bertz CT molecular complexity index is 1180. The van der Waals surface area contributed by atoms with Crippen LogP contribution in [-0.2, 0) is 4.79 Å². The van der Waals surface area contributed by atoms with Crippen LogP contribution < -0.4 is 4.74 Å². The number of ether oxygens (including phenoxy) is 1. The molecule has 0 radical (unpaired) electrons. The molecule has 1 heterocycles. The number of esters is 1. The fraction of sp³-hybridized carbons (Fsp3) is 0.154. The maximum Gasteiger partial charge on any atom is 0.311 e. The summed E-state index contributed by atoms with van der Waals surface area (Å²) in [4.78, 5) is 50.7. The molecular weight excluding hydrogens is 406 g/mol. The molecule has 1 aliphatic rings. The van der Waals surface area contributed by atoms with Gasteiger partial charge in [0.2, 0.25) is 0 Å². The Morgan fingerprint density at radius 2 is 1.44 bits per heavy atom. The smallest absolute Gasteiger partial charge is 0.311 e. The van der Waals surface area contributed by atoms with E-state index in [0.717, 1.165) is 4.90 Å². The highest BCUT2D eigenvalue weighted by molar-refractivity contribution is 6.21. The minimum absolute atomic E-state index is 0.0531. The van der Waals surface area contributed by atoms with Crippen molar-refractivity contribution in [2.24, 2.45) is 0 Å². The van der Waals surface area contributed by atoms with Gasteiger partial charge in [0.05, 0.1) is 11.1 Å². The minimum Gasteiger partial charge on any atom is -0.426 e. The van der Waals surface area contributed by atoms with Crippen molar-refractivity contribution in [2.45, 2.75) is 19.8 Å². The van der Waals surface area contributed by atoms with Gasteiger partial charge in [-0.1, -0.05) is 42.5 Å². The summed E-state index contributed by atoms with van der Waals surface area (Å²) in [6, 6.07) is 20.6. The first-order chi connectivity index (χ1) is 15.5. The van der Waals surface area contributed by atoms with Crippen molar-refractivity contribution in [3.63, 3.8) is 0 Å². The van der Waals surface area contributed by atoms with Crippen LogP contribution in [-0.4, -0.2) is 35.0 Å². The van der Waals surface area contributed by atoms with Gasteiger partial charge in [0.25, 0.3) is 11.8 Å². The molecule has 3 aromatic carbocycles. The Balaban J connectivity index is 1.32. The lowest BCUT2D eigenvalue weighted by Crippen LogP contribution is -2.31. The first-order valence-electron chi connectivity index (χ1n) is 10.3. The van der Waals surface area contributed by atoms with Crippen LogP contribution in [0.1, 0.15) is 55.0 Å². The molecule has 0 atom stereocenters. The van der Waals surface area contributed by atoms with E-state index in [1.165, 1.54) is 0 Å². The maximum atomic E-state index is 12.6. The molecule has 3 aromatic rings. The molecule has 0 unspecified atom stereocenters. The summed E-state index contributed by atoms with van der Waals surface area (Å²) in [6.07, 6.45) is 0.353. The highest BCUT2D eigenvalue weighted by atomic mass is 16.5. The Morgan fingerprint density at radius 3 is 2.06 bits per heavy atom. The van der Waals surface area contributed by atoms with Gasteiger partial charge in [-0.15, -0.1) is 0 Å². The zero-order chi connectivity index (χ0) is 22.7. The summed E-state index contributed by atoms with van der Waals surface area (Å²) in [5.41, 5.74) is 2.55. The fourth-order valence-corrected chi connectivity index (χ4v) is 3.66. The van der Waals surface area contributed by atoms with Crippen LogP contribution in [0.3, 0.4) is 0 Å². The number of ketones is 1. The molecule has 6 heteroatoms. The van der Waals surface area contributed by atoms with Gasteiger partial charge in [0.15, 0.2) is 5.78 Å². The standard InChI is InChI=1S/C26H21NO5/c1-17-16-19(24(29)18-8-3-2-4-9-18)13-14-22(17)32-23(28)12-7-15-27-25(30)20-10-5-6-11-21(20)26(27)31/h2-6,8-11,13-14,16H,7,12,15H2,1H3. The lowest BCUT2D eigenvalue weighted by molar-refractivity contribution is -0.134. The zero-order valence-electron chi connectivity index (χ0n) is 17.5. The molecule has 2 amide bonds. The maximum absolute atomic E-state index is 12.6. The number of imide groups is 1. The number of amides is 2. The van der Waals surface area contributed by atoms with E-state index in [1.54, 1.807) is 73.7 Å². The van der Waals surface area contributed by atoms with E-state index in [9.17, 15) is 19.2 Å². The molecule has 0 saturated heterocycles. The van der Waals surface area contributed by atoms with Crippen molar-refractivity contribution >= 4 is 23.6 Å². The van der Waals surface area contributed by atoms with Crippen molar-refractivity contribution < 1.29 is 23.9 Å². The van der Waals surface area contributed by atoms with Gasteiger partial charge in [-0.25, -0.2) is 0 Å². The third-order valence-corrected chi connectivity index (χ3v) is 5.34. The Labute approximate surface area is 185 Å². The molecule has 32 heavy (non-hydrogen) atoms. The summed E-state index contributed by atoms with van der Waals surface area (Å²) in [5, 5.41) is 0. The highest BCUT2D eigenvalue weighted by Gasteiger charge is 2.34. The van der Waals surface area contributed by atoms with Crippen molar-refractivity contribution in [2.75, 3.05) is 6.54 Å². The largest absolute Gasteiger partial charge is 0.426 e. The van der Waals surface area contributed by atoms with Crippen molar-refractivity contribution in [1.82, 2.24) is 4.90 Å². The molecule has 0 fully saturated rings. The summed E-state index contributed by atoms with van der Waals surface area (Å²) >= 11 is 0. The molecule has 0 aliphatic carbocycles. The predicted molar refractivity (Wildman–Crippen MR) is 118 cm³/mol. The molecule has 0 N–H and O–H groups in total. The van der Waals surface area contributed by atoms with Crippen LogP contribution in [0.15, 0.2) is 72.8 Å². The van der Waals surface area contributed by atoms with Gasteiger partial charge in [0, 0.05) is 24.1 Å². The summed E-state index contributed by atoms with van der Waals surface area (Å²) in [6.45, 7) is 1.91. The first kappa shape index (κ1) is 21.2. The van der Waals surface area contributed by atoms with Crippen molar-refractivity contribution in [3.8, 4) is 5.75 Å². The number of aryl methyl sites for hydroxylation is 1. The number of rotatable bonds is 7. The van der Waals surface area contributed by atoms with E-state index < -0.39 is 5.97 Å². The van der Waals surface area contributed by atoms with Crippen LogP contribution in [0.25, 0.3) is 0 Å². The Hall–Kier alpha value is -4.06. The van der Waals surface area contributed by atoms with E-state index in [2.05, 4.69) is 0 Å². The molecular formula is C26H21NO5. The molecule has 6 nitrogen and oxygen atoms in total. The second-order valence-corrected chi connectivity index (χ2v) is 7.56. The van der Waals surface area contributed by atoms with Gasteiger partial charge in [0.1, 0.15) is 5.75 Å². The Kier molecular flexibility index (Phi) is 5.94. The van der Waals surface area contributed by atoms with Crippen LogP contribution in [0.2, 0.25) is 0 Å².